The fourth-order valence-corrected chi connectivity index (χ4v) is 2.80. The minimum Gasteiger partial charge on any atom is -0.334 e. The second kappa shape index (κ2) is 6.11. The van der Waals surface area contributed by atoms with E-state index in [1.54, 1.807) is 12.3 Å². The molecule has 0 radical (unpaired) electrons. The minimum atomic E-state index is -0.276. The fraction of sp³-hybridized carbons (Fsp3) is 0.0667. The number of halogens is 1. The summed E-state index contributed by atoms with van der Waals surface area (Å²) in [4.78, 5) is 16.1. The van der Waals surface area contributed by atoms with E-state index >= 15 is 0 Å². The number of rotatable bonds is 3. The highest BCUT2D eigenvalue weighted by Gasteiger charge is 2.06. The quantitative estimate of drug-likeness (QED) is 0.758. The van der Waals surface area contributed by atoms with Crippen molar-refractivity contribution in [2.45, 2.75) is 6.54 Å². The van der Waals surface area contributed by atoms with Crippen LogP contribution in [0.5, 0.6) is 0 Å². The van der Waals surface area contributed by atoms with Crippen LogP contribution in [0.4, 0.5) is 10.5 Å². The maximum absolute atomic E-state index is 11.8. The molecule has 0 fully saturated rings. The van der Waals surface area contributed by atoms with Gasteiger partial charge in [-0.2, -0.15) is 0 Å². The number of nitrogens with zero attached hydrogens (tertiary/aromatic N) is 1. The van der Waals surface area contributed by atoms with Gasteiger partial charge in [0.1, 0.15) is 4.34 Å². The summed E-state index contributed by atoms with van der Waals surface area (Å²) in [6, 6.07) is 11.3. The van der Waals surface area contributed by atoms with Crippen LogP contribution in [0.3, 0.4) is 0 Å². The van der Waals surface area contributed by atoms with Crippen LogP contribution in [0.2, 0.25) is 4.34 Å². The summed E-state index contributed by atoms with van der Waals surface area (Å²) >= 11 is 7.31. The van der Waals surface area contributed by atoms with Gasteiger partial charge in [0.2, 0.25) is 0 Å². The zero-order valence-electron chi connectivity index (χ0n) is 11.0. The van der Waals surface area contributed by atoms with Crippen LogP contribution in [0.1, 0.15) is 5.56 Å². The number of carbonyl (C=O) groups is 1. The first kappa shape index (κ1) is 13.9. The monoisotopic (exact) mass is 317 g/mol. The maximum atomic E-state index is 11.8. The molecule has 0 spiro atoms. The van der Waals surface area contributed by atoms with E-state index in [0.717, 1.165) is 16.5 Å². The van der Waals surface area contributed by atoms with Crippen LogP contribution in [-0.4, -0.2) is 11.0 Å². The third-order valence-electron chi connectivity index (χ3n) is 2.99. The summed E-state index contributed by atoms with van der Waals surface area (Å²) in [6.07, 6.45) is 1.76. The summed E-state index contributed by atoms with van der Waals surface area (Å²) < 4.78 is 0.571. The lowest BCUT2D eigenvalue weighted by Gasteiger charge is -2.07. The Balaban J connectivity index is 1.63. The zero-order chi connectivity index (χ0) is 14.7. The Morgan fingerprint density at radius 1 is 1.29 bits per heavy atom. The van der Waals surface area contributed by atoms with Crippen LogP contribution in [-0.2, 0) is 6.54 Å². The third kappa shape index (κ3) is 3.32. The van der Waals surface area contributed by atoms with Crippen LogP contribution in [0.25, 0.3) is 10.9 Å². The van der Waals surface area contributed by atoms with Crippen molar-refractivity contribution in [2.75, 3.05) is 5.32 Å². The summed E-state index contributed by atoms with van der Waals surface area (Å²) in [5.41, 5.74) is 2.58. The first-order chi connectivity index (χ1) is 10.2. The standard InChI is InChI=1S/C15H12ClN3OS/c16-14-13(5-7-21-14)19-15(20)18-9-10-3-4-12-11(8-10)2-1-6-17-12/h1-8H,9H2,(H2,18,19,20). The number of hydrogen-bond acceptors (Lipinski definition) is 3. The molecule has 2 heterocycles. The lowest BCUT2D eigenvalue weighted by atomic mass is 10.1. The van der Waals surface area contributed by atoms with Gasteiger partial charge in [0.15, 0.2) is 0 Å². The number of hydrogen-bond donors (Lipinski definition) is 2. The van der Waals surface area contributed by atoms with E-state index in [4.69, 9.17) is 11.6 Å². The average Bonchev–Trinajstić information content (AvgIpc) is 2.90. The predicted octanol–water partition coefficient (Wildman–Crippen LogP) is 4.27. The Labute approximate surface area is 130 Å². The van der Waals surface area contributed by atoms with Crippen LogP contribution in [0, 0.1) is 0 Å². The highest BCUT2D eigenvalue weighted by Crippen LogP contribution is 2.27. The average molecular weight is 318 g/mol. The molecule has 106 valence electrons. The number of anilines is 1. The fourth-order valence-electron chi connectivity index (χ4n) is 1.97. The molecule has 0 atom stereocenters. The van der Waals surface area contributed by atoms with Crippen molar-refractivity contribution in [3.05, 3.63) is 57.9 Å². The molecule has 1 aromatic carbocycles. The van der Waals surface area contributed by atoms with Crippen molar-refractivity contribution in [3.8, 4) is 0 Å². The third-order valence-corrected chi connectivity index (χ3v) is 4.16. The van der Waals surface area contributed by atoms with Crippen molar-refractivity contribution in [1.29, 1.82) is 0 Å². The van der Waals surface area contributed by atoms with Crippen molar-refractivity contribution >= 4 is 45.6 Å². The molecule has 2 aromatic heterocycles. The van der Waals surface area contributed by atoms with Gasteiger partial charge in [-0.25, -0.2) is 4.79 Å². The second-order valence-electron chi connectivity index (χ2n) is 4.45. The van der Waals surface area contributed by atoms with Gasteiger partial charge in [-0.05, 0) is 35.2 Å². The first-order valence-electron chi connectivity index (χ1n) is 6.34. The molecule has 0 aliphatic heterocycles. The topological polar surface area (TPSA) is 54.0 Å². The van der Waals surface area contributed by atoms with Gasteiger partial charge in [0.25, 0.3) is 0 Å². The van der Waals surface area contributed by atoms with Crippen LogP contribution in [0.15, 0.2) is 48.0 Å². The number of benzene rings is 1. The predicted molar refractivity (Wildman–Crippen MR) is 86.9 cm³/mol. The van der Waals surface area contributed by atoms with E-state index in [2.05, 4.69) is 15.6 Å². The number of fused-ring (bicyclic) bond motifs is 1. The molecule has 21 heavy (non-hydrogen) atoms. The Hall–Kier alpha value is -2.11. The van der Waals surface area contributed by atoms with Crippen molar-refractivity contribution in [1.82, 2.24) is 10.3 Å². The lowest BCUT2D eigenvalue weighted by Crippen LogP contribution is -2.28. The van der Waals surface area contributed by atoms with Crippen molar-refractivity contribution in [2.24, 2.45) is 0 Å². The van der Waals surface area contributed by atoms with Crippen molar-refractivity contribution in [3.63, 3.8) is 0 Å². The number of urea groups is 1. The number of aromatic nitrogens is 1. The van der Waals surface area contributed by atoms with Gasteiger partial charge < -0.3 is 10.6 Å². The van der Waals surface area contributed by atoms with E-state index in [9.17, 15) is 4.79 Å². The molecular weight excluding hydrogens is 306 g/mol. The molecule has 0 saturated carbocycles. The molecule has 0 unspecified atom stereocenters. The summed E-state index contributed by atoms with van der Waals surface area (Å²) in [7, 11) is 0. The molecule has 2 amide bonds. The maximum Gasteiger partial charge on any atom is 0.319 e. The molecule has 0 aliphatic carbocycles. The van der Waals surface area contributed by atoms with Gasteiger partial charge >= 0.3 is 6.03 Å². The van der Waals surface area contributed by atoms with E-state index in [-0.39, 0.29) is 6.03 Å². The molecule has 2 N–H and O–H groups in total. The number of carbonyl (C=O) groups excluding carboxylic acids is 1. The molecule has 4 nitrogen and oxygen atoms in total. The number of amides is 2. The number of pyridine rings is 1. The Kier molecular flexibility index (Phi) is 4.03. The normalized spacial score (nSPS) is 10.5. The van der Waals surface area contributed by atoms with Gasteiger partial charge in [-0.3, -0.25) is 4.98 Å². The highest BCUT2D eigenvalue weighted by molar-refractivity contribution is 7.15. The molecular formula is C15H12ClN3OS. The Morgan fingerprint density at radius 3 is 3.00 bits per heavy atom. The van der Waals surface area contributed by atoms with E-state index < -0.39 is 0 Å². The largest absolute Gasteiger partial charge is 0.334 e. The highest BCUT2D eigenvalue weighted by atomic mass is 35.5. The smallest absolute Gasteiger partial charge is 0.319 e. The minimum absolute atomic E-state index is 0.276. The zero-order valence-corrected chi connectivity index (χ0v) is 12.5. The lowest BCUT2D eigenvalue weighted by molar-refractivity contribution is 0.252. The van der Waals surface area contributed by atoms with Gasteiger partial charge in [-0.15, -0.1) is 11.3 Å². The van der Waals surface area contributed by atoms with Gasteiger partial charge in [0.05, 0.1) is 11.2 Å². The SMILES string of the molecule is O=C(NCc1ccc2ncccc2c1)Nc1ccsc1Cl. The molecule has 0 saturated heterocycles. The van der Waals surface area contributed by atoms with Crippen LogP contribution >= 0.6 is 22.9 Å². The summed E-state index contributed by atoms with van der Waals surface area (Å²) in [5.74, 6) is 0. The molecule has 0 aliphatic rings. The Bertz CT molecular complexity index is 787. The van der Waals surface area contributed by atoms with Crippen molar-refractivity contribution < 1.29 is 4.79 Å². The number of nitrogens with one attached hydrogen (secondary N) is 2. The second-order valence-corrected chi connectivity index (χ2v) is 5.96. The molecule has 3 aromatic rings. The molecule has 3 rings (SSSR count). The Morgan fingerprint density at radius 2 is 2.19 bits per heavy atom. The van der Waals surface area contributed by atoms with E-state index in [1.165, 1.54) is 11.3 Å². The molecule has 0 bridgehead atoms. The van der Waals surface area contributed by atoms with E-state index in [0.29, 0.717) is 16.6 Å². The van der Waals surface area contributed by atoms with E-state index in [1.807, 2.05) is 35.7 Å². The van der Waals surface area contributed by atoms with Crippen LogP contribution < -0.4 is 10.6 Å². The summed E-state index contributed by atoms with van der Waals surface area (Å²) in [6.45, 7) is 0.443. The van der Waals surface area contributed by atoms with Gasteiger partial charge in [0, 0.05) is 18.1 Å². The van der Waals surface area contributed by atoms with Gasteiger partial charge in [-0.1, -0.05) is 23.7 Å². The number of thiophene rings is 1. The first-order valence-corrected chi connectivity index (χ1v) is 7.59. The summed E-state index contributed by atoms with van der Waals surface area (Å²) in [5, 5.41) is 8.40. The molecule has 6 heteroatoms.